The molecule has 3 heteroatoms. The van der Waals surface area contributed by atoms with E-state index in [-0.39, 0.29) is 0 Å². The summed E-state index contributed by atoms with van der Waals surface area (Å²) < 4.78 is 0. The molecule has 2 fully saturated rings. The highest BCUT2D eigenvalue weighted by Crippen LogP contribution is 2.20. The summed E-state index contributed by atoms with van der Waals surface area (Å²) in [5.41, 5.74) is 0. The van der Waals surface area contributed by atoms with Crippen LogP contribution >= 0.6 is 0 Å². The van der Waals surface area contributed by atoms with Crippen molar-refractivity contribution in [2.45, 2.75) is 44.6 Å². The van der Waals surface area contributed by atoms with Crippen LogP contribution in [0.25, 0.3) is 0 Å². The van der Waals surface area contributed by atoms with Gasteiger partial charge in [0.1, 0.15) is 0 Å². The van der Waals surface area contributed by atoms with Crippen LogP contribution in [0.1, 0.15) is 38.5 Å². The van der Waals surface area contributed by atoms with Gasteiger partial charge in [0.2, 0.25) is 0 Å². The zero-order valence-electron chi connectivity index (χ0n) is 11.5. The molecule has 2 aliphatic rings. The molecule has 0 aromatic carbocycles. The van der Waals surface area contributed by atoms with E-state index >= 15 is 0 Å². The largest absolute Gasteiger partial charge is 0.320 e. The Morgan fingerprint density at radius 2 is 1.71 bits per heavy atom. The van der Waals surface area contributed by atoms with E-state index in [0.29, 0.717) is 0 Å². The van der Waals surface area contributed by atoms with Crippen molar-refractivity contribution in [3.63, 3.8) is 0 Å². The molecular weight excluding hydrogens is 210 g/mol. The summed E-state index contributed by atoms with van der Waals surface area (Å²) in [6.07, 6.45) is 8.42. The van der Waals surface area contributed by atoms with Gasteiger partial charge in [0.05, 0.1) is 0 Å². The number of nitrogens with one attached hydrogen (secondary N) is 1. The summed E-state index contributed by atoms with van der Waals surface area (Å²) in [5.74, 6) is 0. The standard InChI is InChI=1S/C14H29N3/c1-15-8-5-9-16-12-6-14(7-13-16)17-10-3-2-4-11-17/h14-15H,2-13H2,1H3. The zero-order chi connectivity index (χ0) is 11.9. The minimum atomic E-state index is 0.899. The molecule has 0 radical (unpaired) electrons. The van der Waals surface area contributed by atoms with E-state index < -0.39 is 0 Å². The van der Waals surface area contributed by atoms with E-state index in [1.807, 2.05) is 7.05 Å². The third kappa shape index (κ3) is 4.23. The normalized spacial score (nSPS) is 25.2. The maximum absolute atomic E-state index is 3.23. The van der Waals surface area contributed by atoms with Crippen molar-refractivity contribution < 1.29 is 0 Å². The lowest BCUT2D eigenvalue weighted by Crippen LogP contribution is -2.47. The van der Waals surface area contributed by atoms with Crippen LogP contribution < -0.4 is 5.32 Å². The van der Waals surface area contributed by atoms with Gasteiger partial charge in [0.15, 0.2) is 0 Å². The Balaban J connectivity index is 1.63. The predicted molar refractivity (Wildman–Crippen MR) is 73.4 cm³/mol. The van der Waals surface area contributed by atoms with Gasteiger partial charge in [0.25, 0.3) is 0 Å². The van der Waals surface area contributed by atoms with Gasteiger partial charge < -0.3 is 15.1 Å². The van der Waals surface area contributed by atoms with Crippen molar-refractivity contribution in [2.75, 3.05) is 46.3 Å². The van der Waals surface area contributed by atoms with E-state index in [2.05, 4.69) is 15.1 Å². The van der Waals surface area contributed by atoms with Crippen molar-refractivity contribution >= 4 is 0 Å². The van der Waals surface area contributed by atoms with Crippen LogP contribution in [0.15, 0.2) is 0 Å². The molecule has 2 saturated heterocycles. The fourth-order valence-electron chi connectivity index (χ4n) is 3.27. The minimum Gasteiger partial charge on any atom is -0.320 e. The highest BCUT2D eigenvalue weighted by molar-refractivity contribution is 4.81. The van der Waals surface area contributed by atoms with Gasteiger partial charge in [-0.3, -0.25) is 0 Å². The average molecular weight is 239 g/mol. The lowest BCUT2D eigenvalue weighted by atomic mass is 10.00. The predicted octanol–water partition coefficient (Wildman–Crippen LogP) is 1.55. The van der Waals surface area contributed by atoms with E-state index in [4.69, 9.17) is 0 Å². The molecule has 0 aliphatic carbocycles. The smallest absolute Gasteiger partial charge is 0.0120 e. The molecule has 0 amide bonds. The van der Waals surface area contributed by atoms with Crippen LogP contribution in [0.5, 0.6) is 0 Å². The maximum atomic E-state index is 3.23. The number of likely N-dealkylation sites (tertiary alicyclic amines) is 2. The van der Waals surface area contributed by atoms with Crippen molar-refractivity contribution in [1.29, 1.82) is 0 Å². The van der Waals surface area contributed by atoms with E-state index in [1.165, 1.54) is 71.2 Å². The quantitative estimate of drug-likeness (QED) is 0.734. The summed E-state index contributed by atoms with van der Waals surface area (Å²) in [6, 6.07) is 0.899. The Morgan fingerprint density at radius 3 is 2.35 bits per heavy atom. The fourth-order valence-corrected chi connectivity index (χ4v) is 3.27. The Morgan fingerprint density at radius 1 is 1.00 bits per heavy atom. The molecule has 0 saturated carbocycles. The van der Waals surface area contributed by atoms with Crippen LogP contribution in [-0.2, 0) is 0 Å². The summed E-state index contributed by atoms with van der Waals surface area (Å²) in [6.45, 7) is 7.82. The van der Waals surface area contributed by atoms with Gasteiger partial charge in [-0.05, 0) is 78.4 Å². The zero-order valence-corrected chi connectivity index (χ0v) is 11.5. The lowest BCUT2D eigenvalue weighted by molar-refractivity contribution is 0.0922. The molecule has 0 aromatic rings. The first kappa shape index (κ1) is 13.3. The molecule has 17 heavy (non-hydrogen) atoms. The Hall–Kier alpha value is -0.120. The van der Waals surface area contributed by atoms with E-state index in [9.17, 15) is 0 Å². The third-order valence-electron chi connectivity index (χ3n) is 4.37. The summed E-state index contributed by atoms with van der Waals surface area (Å²) in [4.78, 5) is 5.41. The average Bonchev–Trinajstić information content (AvgIpc) is 2.41. The van der Waals surface area contributed by atoms with Gasteiger partial charge in [-0.15, -0.1) is 0 Å². The number of hydrogen-bond acceptors (Lipinski definition) is 3. The molecule has 0 bridgehead atoms. The minimum absolute atomic E-state index is 0.899. The SMILES string of the molecule is CNCCCN1CCC(N2CCCCC2)CC1. The maximum Gasteiger partial charge on any atom is 0.0120 e. The molecule has 2 rings (SSSR count). The van der Waals surface area contributed by atoms with Gasteiger partial charge in [0, 0.05) is 6.04 Å². The van der Waals surface area contributed by atoms with Crippen LogP contribution in [0.2, 0.25) is 0 Å². The summed E-state index contributed by atoms with van der Waals surface area (Å²) >= 11 is 0. The summed E-state index contributed by atoms with van der Waals surface area (Å²) in [5, 5.41) is 3.23. The van der Waals surface area contributed by atoms with E-state index in [1.54, 1.807) is 0 Å². The van der Waals surface area contributed by atoms with Gasteiger partial charge in [-0.25, -0.2) is 0 Å². The molecule has 1 N–H and O–H groups in total. The first-order chi connectivity index (χ1) is 8.40. The van der Waals surface area contributed by atoms with Crippen molar-refractivity contribution in [1.82, 2.24) is 15.1 Å². The number of piperidine rings is 2. The van der Waals surface area contributed by atoms with Crippen LogP contribution in [0, 0.1) is 0 Å². The molecular formula is C14H29N3. The first-order valence-corrected chi connectivity index (χ1v) is 7.51. The monoisotopic (exact) mass is 239 g/mol. The molecule has 2 heterocycles. The molecule has 0 atom stereocenters. The molecule has 3 nitrogen and oxygen atoms in total. The number of nitrogens with zero attached hydrogens (tertiary/aromatic N) is 2. The second-order valence-electron chi connectivity index (χ2n) is 5.63. The van der Waals surface area contributed by atoms with Gasteiger partial charge >= 0.3 is 0 Å². The molecule has 100 valence electrons. The summed E-state index contributed by atoms with van der Waals surface area (Å²) in [7, 11) is 2.04. The van der Waals surface area contributed by atoms with Crippen molar-refractivity contribution in [2.24, 2.45) is 0 Å². The number of rotatable bonds is 5. The second kappa shape index (κ2) is 7.34. The van der Waals surface area contributed by atoms with Crippen molar-refractivity contribution in [3.8, 4) is 0 Å². The van der Waals surface area contributed by atoms with Gasteiger partial charge in [-0.1, -0.05) is 6.42 Å². The lowest BCUT2D eigenvalue weighted by Gasteiger charge is -2.40. The Kier molecular flexibility index (Phi) is 5.75. The first-order valence-electron chi connectivity index (χ1n) is 7.51. The fraction of sp³-hybridized carbons (Fsp3) is 1.00. The topological polar surface area (TPSA) is 18.5 Å². The Labute approximate surface area is 107 Å². The van der Waals surface area contributed by atoms with E-state index in [0.717, 1.165) is 12.6 Å². The van der Waals surface area contributed by atoms with Crippen LogP contribution in [0.3, 0.4) is 0 Å². The highest BCUT2D eigenvalue weighted by atomic mass is 15.2. The molecule has 0 aromatic heterocycles. The molecule has 0 spiro atoms. The second-order valence-corrected chi connectivity index (χ2v) is 5.63. The van der Waals surface area contributed by atoms with Crippen LogP contribution in [-0.4, -0.2) is 62.2 Å². The molecule has 0 unspecified atom stereocenters. The third-order valence-corrected chi connectivity index (χ3v) is 4.37. The highest BCUT2D eigenvalue weighted by Gasteiger charge is 2.24. The van der Waals surface area contributed by atoms with Gasteiger partial charge in [-0.2, -0.15) is 0 Å². The van der Waals surface area contributed by atoms with Crippen LogP contribution in [0.4, 0.5) is 0 Å². The molecule has 2 aliphatic heterocycles. The number of hydrogen-bond donors (Lipinski definition) is 1. The van der Waals surface area contributed by atoms with Crippen molar-refractivity contribution in [3.05, 3.63) is 0 Å². The Bertz CT molecular complexity index is 194.